The molecule has 4 heteroatoms. The lowest BCUT2D eigenvalue weighted by molar-refractivity contribution is 0.214. The molecule has 0 heterocycles. The lowest BCUT2D eigenvalue weighted by Gasteiger charge is -2.17. The number of aliphatic hydroxyl groups is 1. The highest BCUT2D eigenvalue weighted by atomic mass is 79.9. The molecule has 2 rings (SSSR count). The van der Waals surface area contributed by atoms with Crippen LogP contribution in [0.15, 0.2) is 40.9 Å². The smallest absolute Gasteiger partial charge is 0.133 e. The Morgan fingerprint density at radius 1 is 1.00 bits per heavy atom. The van der Waals surface area contributed by atoms with E-state index >= 15 is 0 Å². The predicted octanol–water partition coefficient (Wildman–Crippen LogP) is 3.86. The van der Waals surface area contributed by atoms with Crippen LogP contribution in [0.5, 0.6) is 11.5 Å². The van der Waals surface area contributed by atoms with Crippen LogP contribution < -0.4 is 9.47 Å². The minimum absolute atomic E-state index is 0.616. The van der Waals surface area contributed by atoms with Crippen molar-refractivity contribution < 1.29 is 14.6 Å². The number of methoxy groups -OCH3 is 2. The first-order valence-corrected chi connectivity index (χ1v) is 7.02. The normalized spacial score (nSPS) is 12.1. The topological polar surface area (TPSA) is 38.7 Å². The molecule has 1 atom stereocenters. The van der Waals surface area contributed by atoms with Gasteiger partial charge in [0, 0.05) is 5.56 Å². The average molecular weight is 337 g/mol. The summed E-state index contributed by atoms with van der Waals surface area (Å²) in [6.07, 6.45) is -0.757. The number of rotatable bonds is 4. The Labute approximate surface area is 127 Å². The lowest BCUT2D eigenvalue weighted by atomic mass is 9.99. The summed E-state index contributed by atoms with van der Waals surface area (Å²) in [6, 6.07) is 11.4. The molecule has 0 aliphatic heterocycles. The lowest BCUT2D eigenvalue weighted by Crippen LogP contribution is -2.03. The number of hydrogen-bond donors (Lipinski definition) is 1. The first-order valence-electron chi connectivity index (χ1n) is 6.23. The molecule has 0 radical (unpaired) electrons. The molecule has 0 aromatic heterocycles. The van der Waals surface area contributed by atoms with Gasteiger partial charge >= 0.3 is 0 Å². The van der Waals surface area contributed by atoms with E-state index in [9.17, 15) is 5.11 Å². The number of aryl methyl sites for hydroxylation is 1. The van der Waals surface area contributed by atoms with Crippen LogP contribution in [0, 0.1) is 6.92 Å². The third-order valence-electron chi connectivity index (χ3n) is 3.19. The van der Waals surface area contributed by atoms with Crippen LogP contribution in [-0.4, -0.2) is 19.3 Å². The Balaban J connectivity index is 2.47. The molecule has 0 saturated heterocycles. The summed E-state index contributed by atoms with van der Waals surface area (Å²) in [5.41, 5.74) is 2.65. The van der Waals surface area contributed by atoms with Gasteiger partial charge in [0.2, 0.25) is 0 Å². The number of halogens is 1. The maximum absolute atomic E-state index is 10.6. The van der Waals surface area contributed by atoms with E-state index in [0.717, 1.165) is 15.6 Å². The molecule has 1 unspecified atom stereocenters. The van der Waals surface area contributed by atoms with E-state index in [1.54, 1.807) is 26.4 Å². The summed E-state index contributed by atoms with van der Waals surface area (Å²) in [5.74, 6) is 1.28. The molecule has 2 aromatic rings. The second kappa shape index (κ2) is 6.29. The fourth-order valence-corrected chi connectivity index (χ4v) is 2.51. The van der Waals surface area contributed by atoms with Crippen molar-refractivity contribution in [3.63, 3.8) is 0 Å². The Hall–Kier alpha value is -1.52. The third-order valence-corrected chi connectivity index (χ3v) is 3.81. The summed E-state index contributed by atoms with van der Waals surface area (Å²) in [6.45, 7) is 2.01. The molecule has 0 amide bonds. The quantitative estimate of drug-likeness (QED) is 0.921. The van der Waals surface area contributed by atoms with Gasteiger partial charge in [-0.2, -0.15) is 0 Å². The zero-order chi connectivity index (χ0) is 14.7. The minimum Gasteiger partial charge on any atom is -0.496 e. The number of ether oxygens (including phenoxy) is 2. The molecular formula is C16H17BrO3. The van der Waals surface area contributed by atoms with E-state index in [1.807, 2.05) is 31.2 Å². The van der Waals surface area contributed by atoms with E-state index < -0.39 is 6.10 Å². The van der Waals surface area contributed by atoms with Crippen molar-refractivity contribution in [2.75, 3.05) is 14.2 Å². The maximum atomic E-state index is 10.6. The third kappa shape index (κ3) is 2.97. The Bertz CT molecular complexity index is 593. The van der Waals surface area contributed by atoms with Crippen LogP contribution in [0.2, 0.25) is 0 Å². The molecule has 106 valence electrons. The van der Waals surface area contributed by atoms with E-state index in [1.165, 1.54) is 0 Å². The van der Waals surface area contributed by atoms with Gasteiger partial charge in [-0.1, -0.05) is 29.8 Å². The average Bonchev–Trinajstić information content (AvgIpc) is 2.47. The molecule has 0 bridgehead atoms. The zero-order valence-electron chi connectivity index (χ0n) is 11.7. The van der Waals surface area contributed by atoms with Gasteiger partial charge in [0.1, 0.15) is 17.6 Å². The van der Waals surface area contributed by atoms with Gasteiger partial charge in [-0.05, 0) is 40.5 Å². The van der Waals surface area contributed by atoms with Crippen molar-refractivity contribution in [1.82, 2.24) is 0 Å². The first kappa shape index (κ1) is 14.9. The molecule has 0 aliphatic carbocycles. The van der Waals surface area contributed by atoms with Crippen LogP contribution in [0.1, 0.15) is 22.8 Å². The van der Waals surface area contributed by atoms with Crippen molar-refractivity contribution in [3.8, 4) is 11.5 Å². The van der Waals surface area contributed by atoms with Crippen molar-refractivity contribution in [1.29, 1.82) is 0 Å². The largest absolute Gasteiger partial charge is 0.496 e. The van der Waals surface area contributed by atoms with Crippen LogP contribution in [0.4, 0.5) is 0 Å². The summed E-state index contributed by atoms with van der Waals surface area (Å²) >= 11 is 3.41. The van der Waals surface area contributed by atoms with Crippen LogP contribution in [0.3, 0.4) is 0 Å². The monoisotopic (exact) mass is 336 g/mol. The van der Waals surface area contributed by atoms with E-state index in [0.29, 0.717) is 17.1 Å². The molecule has 0 saturated carbocycles. The Morgan fingerprint density at radius 3 is 2.15 bits per heavy atom. The van der Waals surface area contributed by atoms with E-state index in [2.05, 4.69) is 15.9 Å². The summed E-state index contributed by atoms with van der Waals surface area (Å²) in [5, 5.41) is 10.6. The Morgan fingerprint density at radius 2 is 1.60 bits per heavy atom. The maximum Gasteiger partial charge on any atom is 0.133 e. The van der Waals surface area contributed by atoms with Gasteiger partial charge in [-0.15, -0.1) is 0 Å². The molecule has 0 spiro atoms. The molecule has 2 aromatic carbocycles. The summed E-state index contributed by atoms with van der Waals surface area (Å²) in [4.78, 5) is 0. The molecule has 3 nitrogen and oxygen atoms in total. The second-order valence-corrected chi connectivity index (χ2v) is 5.40. The van der Waals surface area contributed by atoms with E-state index in [4.69, 9.17) is 9.47 Å². The van der Waals surface area contributed by atoms with Crippen LogP contribution in [-0.2, 0) is 0 Å². The molecule has 1 N–H and O–H groups in total. The fraction of sp³-hybridized carbons (Fsp3) is 0.250. The van der Waals surface area contributed by atoms with Gasteiger partial charge < -0.3 is 14.6 Å². The molecular weight excluding hydrogens is 320 g/mol. The standard InChI is InChI=1S/C16H17BrO3/c1-10-4-6-11(7-5-10)16(18)12-8-15(20-3)13(17)9-14(12)19-2/h4-9,16,18H,1-3H3. The fourth-order valence-electron chi connectivity index (χ4n) is 2.03. The summed E-state index contributed by atoms with van der Waals surface area (Å²) in [7, 11) is 3.17. The zero-order valence-corrected chi connectivity index (χ0v) is 13.3. The Kier molecular flexibility index (Phi) is 4.68. The van der Waals surface area contributed by atoms with Gasteiger partial charge in [0.25, 0.3) is 0 Å². The van der Waals surface area contributed by atoms with E-state index in [-0.39, 0.29) is 0 Å². The van der Waals surface area contributed by atoms with Crippen molar-refractivity contribution in [3.05, 3.63) is 57.6 Å². The molecule has 0 fully saturated rings. The van der Waals surface area contributed by atoms with Crippen LogP contribution in [0.25, 0.3) is 0 Å². The SMILES string of the molecule is COc1cc(C(O)c2ccc(C)cc2)c(OC)cc1Br. The van der Waals surface area contributed by atoms with Gasteiger partial charge in [0.15, 0.2) is 0 Å². The van der Waals surface area contributed by atoms with Crippen molar-refractivity contribution in [2.24, 2.45) is 0 Å². The molecule has 0 aliphatic rings. The van der Waals surface area contributed by atoms with Crippen molar-refractivity contribution >= 4 is 15.9 Å². The highest BCUT2D eigenvalue weighted by Crippen LogP contribution is 2.37. The van der Waals surface area contributed by atoms with Crippen molar-refractivity contribution in [2.45, 2.75) is 13.0 Å². The van der Waals surface area contributed by atoms with Gasteiger partial charge in [-0.25, -0.2) is 0 Å². The van der Waals surface area contributed by atoms with Crippen LogP contribution >= 0.6 is 15.9 Å². The number of benzene rings is 2. The first-order chi connectivity index (χ1) is 9.56. The highest BCUT2D eigenvalue weighted by Gasteiger charge is 2.18. The minimum atomic E-state index is -0.757. The number of aliphatic hydroxyl groups excluding tert-OH is 1. The molecule has 20 heavy (non-hydrogen) atoms. The number of hydrogen-bond acceptors (Lipinski definition) is 3. The van der Waals surface area contributed by atoms with Gasteiger partial charge in [-0.3, -0.25) is 0 Å². The second-order valence-electron chi connectivity index (χ2n) is 4.54. The van der Waals surface area contributed by atoms with Gasteiger partial charge in [0.05, 0.1) is 18.7 Å². The highest BCUT2D eigenvalue weighted by molar-refractivity contribution is 9.10. The predicted molar refractivity (Wildman–Crippen MR) is 82.5 cm³/mol. The summed E-state index contributed by atoms with van der Waals surface area (Å²) < 4.78 is 11.4.